The van der Waals surface area contributed by atoms with E-state index in [0.29, 0.717) is 28.3 Å². The molecule has 3 rings (SSSR count). The number of thioether (sulfide) groups is 1. The molecule has 132 valence electrons. The first-order chi connectivity index (χ1) is 12.1. The highest BCUT2D eigenvalue weighted by molar-refractivity contribution is 7.99. The molecule has 25 heavy (non-hydrogen) atoms. The number of nitrogens with zero attached hydrogens (tertiary/aromatic N) is 2. The van der Waals surface area contributed by atoms with E-state index in [9.17, 15) is 9.59 Å². The first kappa shape index (κ1) is 17.5. The number of hydrogen-bond acceptors (Lipinski definition) is 6. The van der Waals surface area contributed by atoms with Crippen molar-refractivity contribution in [1.82, 2.24) is 10.2 Å². The van der Waals surface area contributed by atoms with Gasteiger partial charge in [0.2, 0.25) is 17.7 Å². The minimum absolute atomic E-state index is 0.171. The van der Waals surface area contributed by atoms with Crippen LogP contribution in [0.1, 0.15) is 54.3 Å². The van der Waals surface area contributed by atoms with Gasteiger partial charge in [0.05, 0.1) is 5.75 Å². The molecule has 1 aromatic carbocycles. The van der Waals surface area contributed by atoms with E-state index < -0.39 is 5.91 Å². The number of anilines is 1. The lowest BCUT2D eigenvalue weighted by Crippen LogP contribution is -2.15. The Bertz CT molecular complexity index is 739. The standard InChI is InChI=1S/C17H20N4O3S/c18-15(23)11-6-8-13(9-7-11)19-14(22)10-25-17-21-20-16(24-17)12-4-2-1-3-5-12/h6-9,12H,1-5,10H2,(H2,18,23)(H,19,22). The van der Waals surface area contributed by atoms with Crippen LogP contribution in [0.5, 0.6) is 0 Å². The minimum atomic E-state index is -0.501. The van der Waals surface area contributed by atoms with Crippen LogP contribution in [0.2, 0.25) is 0 Å². The van der Waals surface area contributed by atoms with Gasteiger partial charge in [0.25, 0.3) is 5.22 Å². The molecule has 0 unspecified atom stereocenters. The van der Waals surface area contributed by atoms with Gasteiger partial charge in [0, 0.05) is 17.2 Å². The molecule has 0 bridgehead atoms. The number of aromatic nitrogens is 2. The Hall–Kier alpha value is -2.35. The molecule has 0 atom stereocenters. The van der Waals surface area contributed by atoms with Crippen LogP contribution >= 0.6 is 11.8 Å². The molecule has 8 heteroatoms. The third kappa shape index (κ3) is 4.82. The average molecular weight is 360 g/mol. The molecule has 0 aliphatic heterocycles. The molecule has 3 N–H and O–H groups in total. The molecule has 1 aliphatic rings. The summed E-state index contributed by atoms with van der Waals surface area (Å²) in [6.45, 7) is 0. The van der Waals surface area contributed by atoms with E-state index >= 15 is 0 Å². The number of benzene rings is 1. The highest BCUT2D eigenvalue weighted by Crippen LogP contribution is 2.32. The molecule has 1 heterocycles. The SMILES string of the molecule is NC(=O)c1ccc(NC(=O)CSc2nnc(C3CCCCC3)o2)cc1. The van der Waals surface area contributed by atoms with Crippen molar-refractivity contribution in [1.29, 1.82) is 0 Å². The maximum Gasteiger partial charge on any atom is 0.277 e. The molecule has 1 saturated carbocycles. The third-order valence-corrected chi connectivity index (χ3v) is 4.97. The Morgan fingerprint density at radius 3 is 2.56 bits per heavy atom. The summed E-state index contributed by atoms with van der Waals surface area (Å²) in [6.07, 6.45) is 5.86. The highest BCUT2D eigenvalue weighted by Gasteiger charge is 2.21. The second-order valence-corrected chi connectivity index (χ2v) is 6.95. The fourth-order valence-electron chi connectivity index (χ4n) is 2.84. The number of rotatable bonds is 6. The predicted octanol–water partition coefficient (Wildman–Crippen LogP) is 2.95. The predicted molar refractivity (Wildman–Crippen MR) is 94.4 cm³/mol. The molecule has 0 radical (unpaired) electrons. The maximum absolute atomic E-state index is 12.0. The fourth-order valence-corrected chi connectivity index (χ4v) is 3.41. The summed E-state index contributed by atoms with van der Waals surface area (Å²) in [7, 11) is 0. The zero-order valence-electron chi connectivity index (χ0n) is 13.7. The molecule has 1 fully saturated rings. The van der Waals surface area contributed by atoms with Crippen LogP contribution in [0.25, 0.3) is 0 Å². The topological polar surface area (TPSA) is 111 Å². The molecule has 0 spiro atoms. The smallest absolute Gasteiger partial charge is 0.277 e. The second kappa shape index (κ2) is 8.15. The number of carbonyl (C=O) groups is 2. The molecule has 0 saturated heterocycles. The lowest BCUT2D eigenvalue weighted by molar-refractivity contribution is -0.113. The van der Waals surface area contributed by atoms with Gasteiger partial charge < -0.3 is 15.5 Å². The summed E-state index contributed by atoms with van der Waals surface area (Å²) in [5.74, 6) is 0.523. The van der Waals surface area contributed by atoms with Crippen LogP contribution in [0.3, 0.4) is 0 Å². The van der Waals surface area contributed by atoms with Crippen LogP contribution < -0.4 is 11.1 Å². The Morgan fingerprint density at radius 1 is 1.16 bits per heavy atom. The van der Waals surface area contributed by atoms with Crippen LogP contribution in [0, 0.1) is 0 Å². The molecular weight excluding hydrogens is 340 g/mol. The summed E-state index contributed by atoms with van der Waals surface area (Å²) >= 11 is 1.21. The van der Waals surface area contributed by atoms with Gasteiger partial charge in [-0.1, -0.05) is 31.0 Å². The average Bonchev–Trinajstić information content (AvgIpc) is 3.10. The summed E-state index contributed by atoms with van der Waals surface area (Å²) in [6, 6.07) is 6.41. The summed E-state index contributed by atoms with van der Waals surface area (Å²) in [4.78, 5) is 23.0. The van der Waals surface area contributed by atoms with Crippen LogP contribution in [-0.4, -0.2) is 27.8 Å². The number of primary amides is 1. The number of hydrogen-bond donors (Lipinski definition) is 2. The van der Waals surface area contributed by atoms with Crippen molar-refractivity contribution >= 4 is 29.3 Å². The van der Waals surface area contributed by atoms with Gasteiger partial charge in [-0.2, -0.15) is 0 Å². The van der Waals surface area contributed by atoms with E-state index in [-0.39, 0.29) is 11.7 Å². The van der Waals surface area contributed by atoms with Crippen LogP contribution in [-0.2, 0) is 4.79 Å². The highest BCUT2D eigenvalue weighted by atomic mass is 32.2. The Kier molecular flexibility index (Phi) is 5.70. The third-order valence-electron chi connectivity index (χ3n) is 4.16. The Balaban J connectivity index is 1.48. The molecule has 1 aliphatic carbocycles. The number of carbonyl (C=O) groups excluding carboxylic acids is 2. The monoisotopic (exact) mass is 360 g/mol. The van der Waals surface area contributed by atoms with Gasteiger partial charge in [-0.25, -0.2) is 0 Å². The minimum Gasteiger partial charge on any atom is -0.416 e. The molecular formula is C17H20N4O3S. The van der Waals surface area contributed by atoms with E-state index in [4.69, 9.17) is 10.2 Å². The van der Waals surface area contributed by atoms with Crippen molar-refractivity contribution in [2.75, 3.05) is 11.1 Å². The maximum atomic E-state index is 12.0. The van der Waals surface area contributed by atoms with Crippen molar-refractivity contribution in [3.8, 4) is 0 Å². The summed E-state index contributed by atoms with van der Waals surface area (Å²) in [5, 5.41) is 11.3. The molecule has 2 amide bonds. The van der Waals surface area contributed by atoms with Crippen molar-refractivity contribution in [2.24, 2.45) is 5.73 Å². The quantitative estimate of drug-likeness (QED) is 0.766. The first-order valence-electron chi connectivity index (χ1n) is 8.28. The van der Waals surface area contributed by atoms with Crippen LogP contribution in [0.4, 0.5) is 5.69 Å². The van der Waals surface area contributed by atoms with E-state index in [1.807, 2.05) is 0 Å². The van der Waals surface area contributed by atoms with Crippen molar-refractivity contribution in [3.63, 3.8) is 0 Å². The zero-order valence-corrected chi connectivity index (χ0v) is 14.6. The van der Waals surface area contributed by atoms with Gasteiger partial charge >= 0.3 is 0 Å². The van der Waals surface area contributed by atoms with Crippen molar-refractivity contribution < 1.29 is 14.0 Å². The molecule has 7 nitrogen and oxygen atoms in total. The van der Waals surface area contributed by atoms with Gasteiger partial charge in [0.1, 0.15) is 0 Å². The van der Waals surface area contributed by atoms with Gasteiger partial charge in [-0.15, -0.1) is 10.2 Å². The largest absolute Gasteiger partial charge is 0.416 e. The van der Waals surface area contributed by atoms with E-state index in [1.54, 1.807) is 24.3 Å². The van der Waals surface area contributed by atoms with Crippen LogP contribution in [0.15, 0.2) is 33.9 Å². The first-order valence-corrected chi connectivity index (χ1v) is 9.26. The second-order valence-electron chi connectivity index (χ2n) is 6.02. The number of nitrogens with one attached hydrogen (secondary N) is 1. The van der Waals surface area contributed by atoms with E-state index in [0.717, 1.165) is 12.8 Å². The lowest BCUT2D eigenvalue weighted by Gasteiger charge is -2.17. The molecule has 1 aromatic heterocycles. The van der Waals surface area contributed by atoms with Crippen molar-refractivity contribution in [3.05, 3.63) is 35.7 Å². The van der Waals surface area contributed by atoms with E-state index in [1.165, 1.54) is 31.0 Å². The summed E-state index contributed by atoms with van der Waals surface area (Å²) in [5.41, 5.74) is 6.18. The number of nitrogens with two attached hydrogens (primary N) is 1. The van der Waals surface area contributed by atoms with Gasteiger partial charge in [-0.05, 0) is 37.1 Å². The van der Waals surface area contributed by atoms with Gasteiger partial charge in [-0.3, -0.25) is 9.59 Å². The molecule has 2 aromatic rings. The zero-order chi connectivity index (χ0) is 17.6. The normalized spacial score (nSPS) is 15.0. The summed E-state index contributed by atoms with van der Waals surface area (Å²) < 4.78 is 5.68. The van der Waals surface area contributed by atoms with Gasteiger partial charge in [0.15, 0.2) is 0 Å². The Morgan fingerprint density at radius 2 is 1.88 bits per heavy atom. The fraction of sp³-hybridized carbons (Fsp3) is 0.412. The lowest BCUT2D eigenvalue weighted by atomic mass is 9.89. The van der Waals surface area contributed by atoms with Crippen molar-refractivity contribution in [2.45, 2.75) is 43.2 Å². The number of amides is 2. The Labute approximate surface area is 149 Å². The van der Waals surface area contributed by atoms with E-state index in [2.05, 4.69) is 15.5 Å².